The van der Waals surface area contributed by atoms with E-state index in [9.17, 15) is 0 Å². The topological polar surface area (TPSA) is 80.9 Å². The maximum atomic E-state index is 7.33. The maximum absolute atomic E-state index is 7.33. The monoisotopic (exact) mass is 349 g/mol. The third kappa shape index (κ3) is 73.8. The summed E-state index contributed by atoms with van der Waals surface area (Å²) in [6.07, 6.45) is 0. The summed E-state index contributed by atoms with van der Waals surface area (Å²) in [5, 5.41) is 0. The van der Waals surface area contributed by atoms with Crippen LogP contribution in [0.25, 0.3) is 0 Å². The third-order valence-electron chi connectivity index (χ3n) is 0. The van der Waals surface area contributed by atoms with Gasteiger partial charge in [-0.1, -0.05) is 0 Å². The first-order chi connectivity index (χ1) is 2.00. The Hall–Kier alpha value is 2.59. The smallest absolute Gasteiger partial charge is 1.00 e. The zero-order chi connectivity index (χ0) is 4.50. The molecule has 0 saturated heterocycles. The predicted octanol–water partition coefficient (Wildman–Crippen LogP) is -3.95. The van der Waals surface area contributed by atoms with E-state index in [0.29, 0.717) is 0 Å². The van der Waals surface area contributed by atoms with Gasteiger partial charge in [0.2, 0.25) is 0 Å². The molecule has 0 heterocycles. The standard InChI is InChI=1S/Al.Ca.H4O4Si.Ta.5H/c;;1-5(2,3)4;;;;;;/h;;1-4H;;;;;;/q;+2;;;;;;2*-1. The average Bonchev–Trinajstić information content (AvgIpc) is 0.722. The molecule has 0 amide bonds. The van der Waals surface area contributed by atoms with E-state index in [2.05, 4.69) is 0 Å². The maximum Gasteiger partial charge on any atom is 2.00 e. The van der Waals surface area contributed by atoms with Crippen LogP contribution < -0.4 is 0 Å². The molecule has 0 bridgehead atoms. The molecule has 0 aliphatic carbocycles. The number of hydrogen-bond donors (Lipinski definition) is 4. The van der Waals surface area contributed by atoms with Gasteiger partial charge < -0.3 is 22.0 Å². The minimum absolute atomic E-state index is 0. The quantitative estimate of drug-likeness (QED) is 0.337. The van der Waals surface area contributed by atoms with E-state index in [0.717, 1.165) is 0 Å². The summed E-state index contributed by atoms with van der Waals surface area (Å²) in [5.41, 5.74) is 0. The van der Waals surface area contributed by atoms with Gasteiger partial charge in [-0.25, -0.2) is 0 Å². The van der Waals surface area contributed by atoms with Gasteiger partial charge in [-0.3, -0.25) is 0 Å². The molecule has 4 N–H and O–H groups in total. The zero-order valence-electron chi connectivity index (χ0n) is 5.44. The fraction of sp³-hybridized carbons (Fsp3) is 0. The zero-order valence-corrected chi connectivity index (χ0v) is 9.86. The molecule has 0 aromatic carbocycles. The SMILES string of the molecule is O[Si](O)(O)O.[AlH3].[Ca+2].[H-].[H-].[Ta]. The van der Waals surface area contributed by atoms with Gasteiger partial charge in [0.05, 0.1) is 0 Å². The summed E-state index contributed by atoms with van der Waals surface area (Å²) < 4.78 is 0. The predicted molar refractivity (Wildman–Crippen MR) is 32.5 cm³/mol. The van der Waals surface area contributed by atoms with Crippen LogP contribution >= 0.6 is 0 Å². The van der Waals surface area contributed by atoms with Crippen molar-refractivity contribution < 1.29 is 44.4 Å². The van der Waals surface area contributed by atoms with Crippen LogP contribution in [0, 0.1) is 0 Å². The molecule has 0 fully saturated rings. The van der Waals surface area contributed by atoms with Crippen molar-refractivity contribution in [2.75, 3.05) is 0 Å². The first-order valence-corrected chi connectivity index (χ1v) is 2.68. The van der Waals surface area contributed by atoms with Crippen LogP contribution in [-0.4, -0.2) is 83.3 Å². The van der Waals surface area contributed by atoms with Gasteiger partial charge in [0.1, 0.15) is 0 Å². The van der Waals surface area contributed by atoms with Crippen LogP contribution in [0.4, 0.5) is 0 Å². The Balaban J connectivity index is -0.00000000800. The van der Waals surface area contributed by atoms with Gasteiger partial charge in [-0.15, -0.1) is 0 Å². The van der Waals surface area contributed by atoms with Crippen molar-refractivity contribution in [1.82, 2.24) is 0 Å². The summed E-state index contributed by atoms with van der Waals surface area (Å²) in [7, 11) is -4.61. The van der Waals surface area contributed by atoms with Gasteiger partial charge in [0.25, 0.3) is 0 Å². The first kappa shape index (κ1) is 22.4. The molecule has 0 atom stereocenters. The summed E-state index contributed by atoms with van der Waals surface area (Å²) in [4.78, 5) is 29.3. The summed E-state index contributed by atoms with van der Waals surface area (Å²) in [6, 6.07) is 0. The Bertz CT molecular complexity index is 38.7. The molecule has 0 unspecified atom stereocenters. The van der Waals surface area contributed by atoms with Crippen LogP contribution in [0.3, 0.4) is 0 Å². The number of hydrogen-bond acceptors (Lipinski definition) is 4. The van der Waals surface area contributed by atoms with Gasteiger partial charge >= 0.3 is 46.8 Å². The van der Waals surface area contributed by atoms with E-state index in [-0.39, 0.29) is 80.3 Å². The Morgan fingerprint density at radius 3 is 1.00 bits per heavy atom. The average molecular weight is 349 g/mol. The molecule has 0 aliphatic heterocycles. The largest absolute Gasteiger partial charge is 2.00 e. The second-order valence-corrected chi connectivity index (χ2v) is 1.80. The molecule has 8 heteroatoms. The second-order valence-electron chi connectivity index (χ2n) is 0.600. The van der Waals surface area contributed by atoms with Gasteiger partial charge in [0, 0.05) is 22.4 Å². The van der Waals surface area contributed by atoms with Gasteiger partial charge in [-0.2, -0.15) is 0 Å². The molecule has 8 heavy (non-hydrogen) atoms. The molecule has 0 saturated carbocycles. The van der Waals surface area contributed by atoms with Crippen LogP contribution in [0.5, 0.6) is 0 Å². The normalized spacial score (nSPS) is 7.50. The first-order valence-electron chi connectivity index (χ1n) is 0.894. The van der Waals surface area contributed by atoms with Crippen molar-refractivity contribution in [1.29, 1.82) is 0 Å². The van der Waals surface area contributed by atoms with E-state index in [1.807, 2.05) is 0 Å². The molecule has 1 radical (unpaired) electrons. The van der Waals surface area contributed by atoms with E-state index in [1.165, 1.54) is 0 Å². The summed E-state index contributed by atoms with van der Waals surface area (Å²) in [5.74, 6) is 0. The number of rotatable bonds is 0. The summed E-state index contributed by atoms with van der Waals surface area (Å²) in [6.45, 7) is 0. The minimum Gasteiger partial charge on any atom is -1.00 e. The van der Waals surface area contributed by atoms with Gasteiger partial charge in [-0.05, 0) is 0 Å². The van der Waals surface area contributed by atoms with Crippen LogP contribution in [-0.2, 0) is 22.4 Å². The molecular weight excluding hydrogens is 340 g/mol. The Labute approximate surface area is 107 Å². The fourth-order valence-corrected chi connectivity index (χ4v) is 0. The van der Waals surface area contributed by atoms with Crippen molar-refractivity contribution in [3.05, 3.63) is 0 Å². The Morgan fingerprint density at radius 1 is 1.00 bits per heavy atom. The van der Waals surface area contributed by atoms with Crippen molar-refractivity contribution in [3.8, 4) is 0 Å². The van der Waals surface area contributed by atoms with Crippen LogP contribution in [0.15, 0.2) is 0 Å². The minimum atomic E-state index is -4.61. The Kier molecular flexibility index (Phi) is 26.9. The van der Waals surface area contributed by atoms with Crippen molar-refractivity contribution in [2.24, 2.45) is 0 Å². The van der Waals surface area contributed by atoms with Crippen molar-refractivity contribution in [3.63, 3.8) is 0 Å². The van der Waals surface area contributed by atoms with E-state index in [4.69, 9.17) is 19.2 Å². The molecule has 0 aromatic heterocycles. The molecule has 0 spiro atoms. The molecule has 47 valence electrons. The summed E-state index contributed by atoms with van der Waals surface area (Å²) >= 11 is 0. The van der Waals surface area contributed by atoms with Crippen LogP contribution in [0.1, 0.15) is 2.85 Å². The molecule has 0 rings (SSSR count). The molecule has 0 aromatic rings. The second kappa shape index (κ2) is 9.59. The van der Waals surface area contributed by atoms with Crippen LogP contribution in [0.2, 0.25) is 0 Å². The Morgan fingerprint density at radius 2 is 1.00 bits per heavy atom. The van der Waals surface area contributed by atoms with Crippen molar-refractivity contribution >= 4 is 64.1 Å². The molecule has 4 nitrogen and oxygen atoms in total. The molecule has 0 aliphatic rings. The van der Waals surface area contributed by atoms with E-state index < -0.39 is 9.05 Å². The van der Waals surface area contributed by atoms with E-state index in [1.54, 1.807) is 0 Å². The van der Waals surface area contributed by atoms with E-state index >= 15 is 0 Å². The fourth-order valence-electron chi connectivity index (χ4n) is 0. The molecular formula is H9AlCaO4SiTa. The third-order valence-corrected chi connectivity index (χ3v) is 0. The van der Waals surface area contributed by atoms with Gasteiger partial charge in [0.15, 0.2) is 17.4 Å². The van der Waals surface area contributed by atoms with Crippen molar-refractivity contribution in [2.45, 2.75) is 0 Å².